The molecule has 0 aliphatic carbocycles. The van der Waals surface area contributed by atoms with Crippen LogP contribution in [-0.4, -0.2) is 22.6 Å². The molecule has 2 rings (SSSR count). The second kappa shape index (κ2) is 4.96. The van der Waals surface area contributed by atoms with Crippen molar-refractivity contribution in [2.75, 3.05) is 14.2 Å². The molecule has 0 aliphatic heterocycles. The summed E-state index contributed by atoms with van der Waals surface area (Å²) in [5.74, 6) is -0.220. The second-order valence-corrected chi connectivity index (χ2v) is 5.54. The maximum atomic E-state index is 12.1. The van der Waals surface area contributed by atoms with Crippen LogP contribution in [0.4, 0.5) is 5.69 Å². The third-order valence-electron chi connectivity index (χ3n) is 2.83. The summed E-state index contributed by atoms with van der Waals surface area (Å²) >= 11 is 0. The van der Waals surface area contributed by atoms with Crippen LogP contribution in [0.2, 0.25) is 0 Å². The maximum absolute atomic E-state index is 12.1. The molecule has 2 aromatic rings. The molecule has 0 fully saturated rings. The number of hydrogen-bond donors (Lipinski definition) is 0. The number of benzene rings is 2. The number of hydrogen-bond acceptors (Lipinski definition) is 6. The van der Waals surface area contributed by atoms with E-state index in [2.05, 4.69) is 9.16 Å². The normalized spacial score (nSPS) is 11.2. The molecule has 20 heavy (non-hydrogen) atoms. The molecule has 0 bridgehead atoms. The van der Waals surface area contributed by atoms with Gasteiger partial charge in [-0.05, 0) is 29.3 Å². The fourth-order valence-electron chi connectivity index (χ4n) is 1.83. The van der Waals surface area contributed by atoms with E-state index >= 15 is 0 Å². The van der Waals surface area contributed by atoms with Crippen molar-refractivity contribution in [3.8, 4) is 11.5 Å². The van der Waals surface area contributed by atoms with Crippen molar-refractivity contribution in [2.45, 2.75) is 4.90 Å². The van der Waals surface area contributed by atoms with Gasteiger partial charge in [0.1, 0.15) is 10.6 Å². The lowest BCUT2D eigenvalue weighted by Gasteiger charge is -2.12. The largest absolute Gasteiger partial charge is 0.867 e. The number of fused-ring (bicyclic) bond motifs is 1. The molecule has 0 atom stereocenters. The third-order valence-corrected chi connectivity index (χ3v) is 4.15. The SMILES string of the molecule is COc1ccc2c(S(=O)(=O)OC)cc([N+]#N)c([O-])c2c1. The zero-order valence-electron chi connectivity index (χ0n) is 10.7. The number of nitrogens with zero attached hydrogens (tertiary/aromatic N) is 2. The summed E-state index contributed by atoms with van der Waals surface area (Å²) in [6.07, 6.45) is 0. The molecule has 0 radical (unpaired) electrons. The van der Waals surface area contributed by atoms with Crippen LogP contribution in [0.25, 0.3) is 15.7 Å². The Hall–Kier alpha value is -2.37. The summed E-state index contributed by atoms with van der Waals surface area (Å²) in [7, 11) is -1.62. The van der Waals surface area contributed by atoms with Gasteiger partial charge in [0.25, 0.3) is 10.1 Å². The number of ether oxygens (including phenoxy) is 1. The lowest BCUT2D eigenvalue weighted by Crippen LogP contribution is -2.05. The monoisotopic (exact) mass is 294 g/mol. The van der Waals surface area contributed by atoms with E-state index < -0.39 is 15.9 Å². The number of diazo groups is 1. The molecule has 0 saturated heterocycles. The minimum Gasteiger partial charge on any atom is -0.867 e. The van der Waals surface area contributed by atoms with Crippen LogP contribution in [-0.2, 0) is 14.3 Å². The van der Waals surface area contributed by atoms with E-state index in [4.69, 9.17) is 10.1 Å². The van der Waals surface area contributed by atoms with Crippen LogP contribution in [0.15, 0.2) is 29.2 Å². The van der Waals surface area contributed by atoms with E-state index in [0.29, 0.717) is 5.75 Å². The lowest BCUT2D eigenvalue weighted by atomic mass is 10.1. The molecule has 0 amide bonds. The summed E-state index contributed by atoms with van der Waals surface area (Å²) in [6.45, 7) is 0. The number of methoxy groups -OCH3 is 1. The molecule has 7 nitrogen and oxygen atoms in total. The smallest absolute Gasteiger partial charge is 0.379 e. The Labute approximate surface area is 115 Å². The molecular formula is C12H10N2O5S. The first-order valence-corrected chi connectivity index (χ1v) is 6.83. The van der Waals surface area contributed by atoms with Crippen LogP contribution < -0.4 is 9.84 Å². The van der Waals surface area contributed by atoms with Gasteiger partial charge in [0, 0.05) is 5.39 Å². The van der Waals surface area contributed by atoms with Crippen LogP contribution in [0, 0.1) is 5.39 Å². The molecule has 0 heterocycles. The predicted octanol–water partition coefficient (Wildman–Crippen LogP) is 1.74. The van der Waals surface area contributed by atoms with Crippen molar-refractivity contribution in [3.63, 3.8) is 0 Å². The van der Waals surface area contributed by atoms with Gasteiger partial charge < -0.3 is 9.84 Å². The quantitative estimate of drug-likeness (QED) is 0.631. The molecule has 0 aromatic heterocycles. The van der Waals surface area contributed by atoms with Gasteiger partial charge >= 0.3 is 5.69 Å². The van der Waals surface area contributed by atoms with E-state index in [1.165, 1.54) is 25.3 Å². The van der Waals surface area contributed by atoms with Gasteiger partial charge in [-0.3, -0.25) is 4.18 Å². The summed E-state index contributed by atoms with van der Waals surface area (Å²) in [5, 5.41) is 21.1. The van der Waals surface area contributed by atoms with Gasteiger partial charge in [0.15, 0.2) is 4.98 Å². The molecule has 0 unspecified atom stereocenters. The fourth-order valence-corrected chi connectivity index (χ4v) is 2.71. The molecule has 0 spiro atoms. The topological polar surface area (TPSA) is 104 Å². The summed E-state index contributed by atoms with van der Waals surface area (Å²) in [4.78, 5) is 2.57. The van der Waals surface area contributed by atoms with Gasteiger partial charge in [-0.2, -0.15) is 8.42 Å². The average Bonchev–Trinajstić information content (AvgIpc) is 2.47. The molecule has 0 N–H and O–H groups in total. The Bertz CT molecular complexity index is 824. The first-order valence-electron chi connectivity index (χ1n) is 5.42. The number of rotatable bonds is 3. The third kappa shape index (κ3) is 2.13. The second-order valence-electron chi connectivity index (χ2n) is 3.86. The van der Waals surface area contributed by atoms with Gasteiger partial charge in [-0.15, -0.1) is 0 Å². The molecule has 8 heteroatoms. The zero-order valence-corrected chi connectivity index (χ0v) is 11.5. The minimum absolute atomic E-state index is 0.0651. The highest BCUT2D eigenvalue weighted by atomic mass is 32.2. The van der Waals surface area contributed by atoms with Gasteiger partial charge in [0.2, 0.25) is 5.39 Å². The average molecular weight is 294 g/mol. The first-order chi connectivity index (χ1) is 9.44. The molecule has 2 aromatic carbocycles. The van der Waals surface area contributed by atoms with E-state index in [1.54, 1.807) is 0 Å². The Kier molecular flexibility index (Phi) is 3.48. The van der Waals surface area contributed by atoms with Crippen molar-refractivity contribution < 1.29 is 22.4 Å². The van der Waals surface area contributed by atoms with E-state index in [0.717, 1.165) is 13.2 Å². The highest BCUT2D eigenvalue weighted by molar-refractivity contribution is 7.87. The highest BCUT2D eigenvalue weighted by Gasteiger charge is 2.23. The maximum Gasteiger partial charge on any atom is 0.379 e. The van der Waals surface area contributed by atoms with E-state index in [9.17, 15) is 13.5 Å². The standard InChI is InChI=1S/C12H10N2O5S/c1-18-7-3-4-8-9(5-7)12(15)10(14-13)6-11(8)20(16,17)19-2/h3-6H,1-2H3. The minimum atomic E-state index is -4.04. The van der Waals surface area contributed by atoms with Crippen molar-refractivity contribution in [1.29, 1.82) is 5.39 Å². The Balaban J connectivity index is 2.97. The van der Waals surface area contributed by atoms with Gasteiger partial charge in [-0.1, -0.05) is 0 Å². The van der Waals surface area contributed by atoms with E-state index in [1.807, 2.05) is 0 Å². The Morgan fingerprint density at radius 3 is 2.45 bits per heavy atom. The van der Waals surface area contributed by atoms with Gasteiger partial charge in [0.05, 0.1) is 20.3 Å². The summed E-state index contributed by atoms with van der Waals surface area (Å²) in [5.41, 5.74) is -0.388. The molecular weight excluding hydrogens is 284 g/mol. The fraction of sp³-hybridized carbons (Fsp3) is 0.167. The van der Waals surface area contributed by atoms with Crippen LogP contribution in [0.5, 0.6) is 11.5 Å². The van der Waals surface area contributed by atoms with Crippen molar-refractivity contribution in [1.82, 2.24) is 0 Å². The molecule has 104 valence electrons. The van der Waals surface area contributed by atoms with Crippen LogP contribution in [0.1, 0.15) is 0 Å². The first kappa shape index (κ1) is 14.0. The van der Waals surface area contributed by atoms with Crippen LogP contribution >= 0.6 is 0 Å². The Morgan fingerprint density at radius 2 is 1.90 bits per heavy atom. The molecule has 0 saturated carbocycles. The van der Waals surface area contributed by atoms with Crippen molar-refractivity contribution in [2.24, 2.45) is 0 Å². The summed E-state index contributed by atoms with van der Waals surface area (Å²) in [6, 6.07) is 5.30. The van der Waals surface area contributed by atoms with Crippen molar-refractivity contribution >= 4 is 26.6 Å². The van der Waals surface area contributed by atoms with Gasteiger partial charge in [-0.25, -0.2) is 0 Å². The molecule has 0 aliphatic rings. The highest BCUT2D eigenvalue weighted by Crippen LogP contribution is 2.39. The zero-order chi connectivity index (χ0) is 14.9. The Morgan fingerprint density at radius 1 is 1.20 bits per heavy atom. The van der Waals surface area contributed by atoms with Crippen LogP contribution in [0.3, 0.4) is 0 Å². The summed E-state index contributed by atoms with van der Waals surface area (Å²) < 4.78 is 33.2. The van der Waals surface area contributed by atoms with Crippen molar-refractivity contribution in [3.05, 3.63) is 29.2 Å². The lowest BCUT2D eigenvalue weighted by molar-refractivity contribution is -0.264. The predicted molar refractivity (Wildman–Crippen MR) is 68.9 cm³/mol. The van der Waals surface area contributed by atoms with E-state index in [-0.39, 0.29) is 21.4 Å².